The quantitative estimate of drug-likeness (QED) is 0.824. The Morgan fingerprint density at radius 2 is 2.20 bits per heavy atom. The number of morpholine rings is 1. The van der Waals surface area contributed by atoms with Crippen molar-refractivity contribution in [3.05, 3.63) is 39.4 Å². The molecule has 0 aliphatic carbocycles. The van der Waals surface area contributed by atoms with Crippen LogP contribution >= 0.6 is 22.7 Å². The van der Waals surface area contributed by atoms with Crippen LogP contribution in [-0.4, -0.2) is 55.9 Å². The van der Waals surface area contributed by atoms with Crippen LogP contribution in [0.15, 0.2) is 29.0 Å². The first-order chi connectivity index (χ1) is 12.1. The first-order valence-electron chi connectivity index (χ1n) is 8.46. The van der Waals surface area contributed by atoms with E-state index in [0.29, 0.717) is 19.8 Å². The minimum Gasteiger partial charge on any atom is -0.377 e. The minimum absolute atomic E-state index is 0.0288. The number of hydrogen-bond donors (Lipinski definition) is 0. The molecule has 2 aromatic rings. The number of hydrogen-bond acceptors (Lipinski definition) is 6. The number of ether oxygens (including phenoxy) is 2. The lowest BCUT2D eigenvalue weighted by atomic mass is 10.0. The maximum atomic E-state index is 12.4. The Morgan fingerprint density at radius 1 is 1.28 bits per heavy atom. The Kier molecular flexibility index (Phi) is 4.92. The van der Waals surface area contributed by atoms with Crippen LogP contribution in [0.2, 0.25) is 0 Å². The summed E-state index contributed by atoms with van der Waals surface area (Å²) in [6.07, 6.45) is 0. The molecule has 25 heavy (non-hydrogen) atoms. The molecule has 7 heteroatoms. The van der Waals surface area contributed by atoms with Crippen LogP contribution in [0.5, 0.6) is 0 Å². The van der Waals surface area contributed by atoms with E-state index in [9.17, 15) is 4.79 Å². The molecule has 4 rings (SSSR count). The van der Waals surface area contributed by atoms with E-state index in [1.807, 2.05) is 11.0 Å². The summed E-state index contributed by atoms with van der Waals surface area (Å²) in [5, 5.41) is 5.29. The molecule has 0 unspecified atom stereocenters. The highest BCUT2D eigenvalue weighted by atomic mass is 32.1. The average Bonchev–Trinajstić information content (AvgIpc) is 3.21. The number of nitrogens with zero attached hydrogens (tertiary/aromatic N) is 2. The summed E-state index contributed by atoms with van der Waals surface area (Å²) in [6, 6.07) is 6.24. The van der Waals surface area contributed by atoms with Gasteiger partial charge in [-0.2, -0.15) is 11.3 Å². The van der Waals surface area contributed by atoms with E-state index < -0.39 is 5.60 Å². The molecule has 0 N–H and O–H groups in total. The zero-order valence-electron chi connectivity index (χ0n) is 14.3. The van der Waals surface area contributed by atoms with Crippen molar-refractivity contribution >= 4 is 33.6 Å². The second-order valence-corrected chi connectivity index (χ2v) is 8.78. The molecule has 2 aromatic heterocycles. The Labute approximate surface area is 155 Å². The number of rotatable bonds is 3. The van der Waals surface area contributed by atoms with Crippen molar-refractivity contribution in [2.24, 2.45) is 0 Å². The third-order valence-corrected chi connectivity index (χ3v) is 6.41. The predicted molar refractivity (Wildman–Crippen MR) is 101 cm³/mol. The van der Waals surface area contributed by atoms with Crippen molar-refractivity contribution in [2.75, 3.05) is 44.4 Å². The first-order valence-corrected chi connectivity index (χ1v) is 10.2. The van der Waals surface area contributed by atoms with Crippen molar-refractivity contribution in [2.45, 2.75) is 19.1 Å². The Bertz CT molecular complexity index is 731. The molecule has 2 aliphatic rings. The molecule has 134 valence electrons. The van der Waals surface area contributed by atoms with Crippen LogP contribution in [0, 0.1) is 6.92 Å². The number of aryl methyl sites for hydroxylation is 1. The van der Waals surface area contributed by atoms with E-state index >= 15 is 0 Å². The highest BCUT2D eigenvalue weighted by Gasteiger charge is 2.43. The van der Waals surface area contributed by atoms with Crippen LogP contribution in [0.1, 0.15) is 10.4 Å². The molecule has 1 amide bonds. The van der Waals surface area contributed by atoms with Gasteiger partial charge < -0.3 is 9.47 Å². The average molecular weight is 379 g/mol. The smallest absolute Gasteiger partial charge is 0.253 e. The Hall–Kier alpha value is -1.25. The molecule has 4 heterocycles. The van der Waals surface area contributed by atoms with Gasteiger partial charge in [-0.3, -0.25) is 14.6 Å². The minimum atomic E-state index is -0.460. The summed E-state index contributed by atoms with van der Waals surface area (Å²) < 4.78 is 11.9. The van der Waals surface area contributed by atoms with Gasteiger partial charge >= 0.3 is 0 Å². The molecule has 0 radical (unpaired) electrons. The lowest BCUT2D eigenvalue weighted by Crippen LogP contribution is -2.60. The van der Waals surface area contributed by atoms with Crippen LogP contribution in [0.4, 0.5) is 5.00 Å². The highest BCUT2D eigenvalue weighted by Crippen LogP contribution is 2.32. The summed E-state index contributed by atoms with van der Waals surface area (Å²) in [7, 11) is 0. The van der Waals surface area contributed by atoms with Crippen molar-refractivity contribution in [3.8, 4) is 0 Å². The second-order valence-electron chi connectivity index (χ2n) is 6.73. The van der Waals surface area contributed by atoms with Gasteiger partial charge in [0.25, 0.3) is 5.91 Å². The van der Waals surface area contributed by atoms with E-state index in [0.717, 1.165) is 24.6 Å². The van der Waals surface area contributed by atoms with Gasteiger partial charge in [0.05, 0.1) is 24.8 Å². The van der Waals surface area contributed by atoms with Crippen LogP contribution in [0.25, 0.3) is 0 Å². The van der Waals surface area contributed by atoms with Crippen LogP contribution in [-0.2, 0) is 20.8 Å². The van der Waals surface area contributed by atoms with Crippen molar-refractivity contribution < 1.29 is 14.3 Å². The number of carbonyl (C=O) groups excluding carboxylic acids is 1. The molecule has 2 saturated heterocycles. The Balaban J connectivity index is 1.53. The van der Waals surface area contributed by atoms with Gasteiger partial charge in [0.1, 0.15) is 12.2 Å². The van der Waals surface area contributed by atoms with E-state index in [2.05, 4.69) is 34.7 Å². The normalized spacial score (nSPS) is 25.5. The SMILES string of the molecule is Cc1ccc(N2C[C@@]3(COCCN(Cc4ccsc4)C3)OCC2=O)s1. The molecule has 1 spiro atoms. The summed E-state index contributed by atoms with van der Waals surface area (Å²) in [6.45, 7) is 6.50. The Morgan fingerprint density at radius 3 is 2.96 bits per heavy atom. The van der Waals surface area contributed by atoms with E-state index in [1.54, 1.807) is 22.7 Å². The zero-order chi connectivity index (χ0) is 17.3. The molecular weight excluding hydrogens is 356 g/mol. The molecule has 0 aromatic carbocycles. The second kappa shape index (κ2) is 7.17. The monoisotopic (exact) mass is 378 g/mol. The van der Waals surface area contributed by atoms with E-state index in [1.165, 1.54) is 10.4 Å². The van der Waals surface area contributed by atoms with Crippen molar-refractivity contribution in [1.29, 1.82) is 0 Å². The molecule has 2 aliphatic heterocycles. The third kappa shape index (κ3) is 3.80. The maximum absolute atomic E-state index is 12.4. The fourth-order valence-electron chi connectivity index (χ4n) is 3.43. The predicted octanol–water partition coefficient (Wildman–Crippen LogP) is 2.75. The van der Waals surface area contributed by atoms with Gasteiger partial charge in [0.2, 0.25) is 0 Å². The van der Waals surface area contributed by atoms with E-state index in [-0.39, 0.29) is 12.5 Å². The van der Waals surface area contributed by atoms with Gasteiger partial charge in [0.15, 0.2) is 0 Å². The summed E-state index contributed by atoms with van der Waals surface area (Å²) >= 11 is 3.37. The largest absolute Gasteiger partial charge is 0.377 e. The molecular formula is C18H22N2O3S2. The first kappa shape index (κ1) is 17.2. The number of carbonyl (C=O) groups is 1. The summed E-state index contributed by atoms with van der Waals surface area (Å²) in [5.74, 6) is 0.0288. The van der Waals surface area contributed by atoms with Gasteiger partial charge in [0, 0.05) is 24.5 Å². The van der Waals surface area contributed by atoms with Crippen LogP contribution in [0.3, 0.4) is 0 Å². The molecule has 0 bridgehead atoms. The molecule has 5 nitrogen and oxygen atoms in total. The van der Waals surface area contributed by atoms with Crippen LogP contribution < -0.4 is 4.90 Å². The van der Waals surface area contributed by atoms with E-state index in [4.69, 9.17) is 9.47 Å². The highest BCUT2D eigenvalue weighted by molar-refractivity contribution is 7.16. The van der Waals surface area contributed by atoms with Crippen molar-refractivity contribution in [3.63, 3.8) is 0 Å². The number of amides is 1. The number of thiophene rings is 2. The maximum Gasteiger partial charge on any atom is 0.253 e. The third-order valence-electron chi connectivity index (χ3n) is 4.66. The fourth-order valence-corrected chi connectivity index (χ4v) is 4.96. The lowest BCUT2D eigenvalue weighted by Gasteiger charge is -2.42. The van der Waals surface area contributed by atoms with Gasteiger partial charge in [-0.25, -0.2) is 0 Å². The topological polar surface area (TPSA) is 42.0 Å². The summed E-state index contributed by atoms with van der Waals surface area (Å²) in [5.41, 5.74) is 0.859. The van der Waals surface area contributed by atoms with Gasteiger partial charge in [-0.1, -0.05) is 0 Å². The molecule has 0 saturated carbocycles. The zero-order valence-corrected chi connectivity index (χ0v) is 15.9. The molecule has 1 atom stereocenters. The molecule has 2 fully saturated rings. The van der Waals surface area contributed by atoms with Gasteiger partial charge in [-0.05, 0) is 41.4 Å². The van der Waals surface area contributed by atoms with Crippen molar-refractivity contribution in [1.82, 2.24) is 4.90 Å². The van der Waals surface area contributed by atoms with Gasteiger partial charge in [-0.15, -0.1) is 11.3 Å². The fraction of sp³-hybridized carbons (Fsp3) is 0.500. The lowest BCUT2D eigenvalue weighted by molar-refractivity contribution is -0.146. The number of anilines is 1. The summed E-state index contributed by atoms with van der Waals surface area (Å²) in [4.78, 5) is 17.9. The standard InChI is InChI=1S/C18H22N2O3S2/c1-14-2-3-17(25-14)20-12-18(23-9-16(20)21)11-19(5-6-22-13-18)8-15-4-7-24-10-15/h2-4,7,10H,5-6,8-9,11-13H2,1H3/t18-/m0/s1.